The number of aliphatic imine (C=N–C) groups is 1. The Balaban J connectivity index is 1.79. The summed E-state index contributed by atoms with van der Waals surface area (Å²) in [4.78, 5) is 16.1. The Bertz CT molecular complexity index is 337. The Morgan fingerprint density at radius 1 is 1.31 bits per heavy atom. The first-order valence-electron chi connectivity index (χ1n) is 6.52. The zero-order valence-corrected chi connectivity index (χ0v) is 9.91. The number of rotatable bonds is 1. The van der Waals surface area contributed by atoms with Crippen molar-refractivity contribution in [2.75, 3.05) is 13.1 Å². The fourth-order valence-electron chi connectivity index (χ4n) is 3.60. The molecule has 2 heterocycles. The molecular formula is C13H20N2O. The van der Waals surface area contributed by atoms with Crippen LogP contribution in [-0.4, -0.2) is 30.6 Å². The molecular weight excluding hydrogens is 200 g/mol. The van der Waals surface area contributed by atoms with E-state index >= 15 is 0 Å². The molecule has 1 saturated heterocycles. The lowest BCUT2D eigenvalue weighted by Crippen LogP contribution is -2.36. The molecule has 0 radical (unpaired) electrons. The third kappa shape index (κ3) is 1.71. The largest absolute Gasteiger partial charge is 0.316 e. The third-order valence-electron chi connectivity index (χ3n) is 4.59. The zero-order valence-electron chi connectivity index (χ0n) is 9.91. The fraction of sp³-hybridized carbons (Fsp3) is 0.846. The lowest BCUT2D eigenvalue weighted by molar-refractivity contribution is -0.118. The molecule has 0 amide bonds. The average Bonchev–Trinajstić information content (AvgIpc) is 2.71. The van der Waals surface area contributed by atoms with Gasteiger partial charge in [-0.05, 0) is 63.5 Å². The first-order valence-corrected chi connectivity index (χ1v) is 6.52. The van der Waals surface area contributed by atoms with Crippen molar-refractivity contribution >= 4 is 11.5 Å². The van der Waals surface area contributed by atoms with E-state index in [1.165, 1.54) is 25.1 Å². The number of hydrogen-bond donors (Lipinski definition) is 1. The van der Waals surface area contributed by atoms with Crippen LogP contribution >= 0.6 is 0 Å². The molecule has 2 fully saturated rings. The number of carbonyl (C=O) groups excluding carboxylic acids is 1. The molecule has 3 nitrogen and oxygen atoms in total. The maximum Gasteiger partial charge on any atom is 0.154 e. The summed E-state index contributed by atoms with van der Waals surface area (Å²) in [6, 6.07) is -0.0165. The molecule has 0 bridgehead atoms. The molecule has 4 atom stereocenters. The molecule has 0 aromatic rings. The zero-order chi connectivity index (χ0) is 11.1. The highest BCUT2D eigenvalue weighted by atomic mass is 16.1. The van der Waals surface area contributed by atoms with Gasteiger partial charge in [-0.25, -0.2) is 0 Å². The Labute approximate surface area is 96.7 Å². The van der Waals surface area contributed by atoms with Gasteiger partial charge in [0, 0.05) is 5.71 Å². The molecule has 16 heavy (non-hydrogen) atoms. The molecule has 3 aliphatic rings. The van der Waals surface area contributed by atoms with Gasteiger partial charge in [-0.1, -0.05) is 0 Å². The van der Waals surface area contributed by atoms with Crippen molar-refractivity contribution in [2.24, 2.45) is 22.7 Å². The second-order valence-corrected chi connectivity index (χ2v) is 5.64. The first-order chi connectivity index (χ1) is 7.74. The molecule has 4 unspecified atom stereocenters. The van der Waals surface area contributed by atoms with Crippen molar-refractivity contribution in [3.63, 3.8) is 0 Å². The van der Waals surface area contributed by atoms with Crippen molar-refractivity contribution in [1.29, 1.82) is 0 Å². The number of nitrogens with zero attached hydrogens (tertiary/aromatic N) is 1. The molecule has 3 rings (SSSR count). The second-order valence-electron chi connectivity index (χ2n) is 5.64. The molecule has 2 aliphatic heterocycles. The molecule has 1 aliphatic carbocycles. The van der Waals surface area contributed by atoms with E-state index in [1.54, 1.807) is 6.92 Å². The minimum Gasteiger partial charge on any atom is -0.316 e. The lowest BCUT2D eigenvalue weighted by atomic mass is 9.71. The number of ketones is 1. The van der Waals surface area contributed by atoms with Crippen LogP contribution in [0.1, 0.15) is 32.6 Å². The number of hydrogen-bond acceptors (Lipinski definition) is 3. The van der Waals surface area contributed by atoms with E-state index in [1.807, 2.05) is 0 Å². The van der Waals surface area contributed by atoms with E-state index < -0.39 is 0 Å². The molecule has 88 valence electrons. The number of nitrogens with one attached hydrogen (secondary N) is 1. The second kappa shape index (κ2) is 3.95. The summed E-state index contributed by atoms with van der Waals surface area (Å²) in [7, 11) is 0. The van der Waals surface area contributed by atoms with Gasteiger partial charge in [-0.3, -0.25) is 9.79 Å². The summed E-state index contributed by atoms with van der Waals surface area (Å²) in [5.74, 6) is 2.60. The van der Waals surface area contributed by atoms with Crippen LogP contribution in [0.2, 0.25) is 0 Å². The number of carbonyl (C=O) groups is 1. The monoisotopic (exact) mass is 220 g/mol. The first kappa shape index (κ1) is 10.5. The Hall–Kier alpha value is -0.700. The van der Waals surface area contributed by atoms with E-state index in [-0.39, 0.29) is 11.8 Å². The molecule has 3 heteroatoms. The van der Waals surface area contributed by atoms with Crippen LogP contribution in [0.15, 0.2) is 4.99 Å². The maximum absolute atomic E-state index is 11.4. The summed E-state index contributed by atoms with van der Waals surface area (Å²) in [5, 5.41) is 3.49. The summed E-state index contributed by atoms with van der Waals surface area (Å²) in [5.41, 5.74) is 1.36. The minimum atomic E-state index is -0.0165. The Morgan fingerprint density at radius 2 is 2.12 bits per heavy atom. The standard InChI is InChI=1S/C13H20N2O/c1-8(16)12-3-2-9-4-10-6-14-7-11(10)5-13(9)15-12/h9-12,14H,2-7H2,1H3. The van der Waals surface area contributed by atoms with E-state index in [2.05, 4.69) is 5.32 Å². The van der Waals surface area contributed by atoms with Crippen molar-refractivity contribution in [3.8, 4) is 0 Å². The van der Waals surface area contributed by atoms with Crippen molar-refractivity contribution in [1.82, 2.24) is 5.32 Å². The molecule has 0 aromatic heterocycles. The van der Waals surface area contributed by atoms with Gasteiger partial charge < -0.3 is 5.32 Å². The molecule has 0 aromatic carbocycles. The topological polar surface area (TPSA) is 41.5 Å². The van der Waals surface area contributed by atoms with Crippen LogP contribution in [0.25, 0.3) is 0 Å². The van der Waals surface area contributed by atoms with Crippen LogP contribution in [0.3, 0.4) is 0 Å². The lowest BCUT2D eigenvalue weighted by Gasteiger charge is -2.36. The van der Waals surface area contributed by atoms with Gasteiger partial charge in [0.15, 0.2) is 5.78 Å². The normalized spacial score (nSPS) is 42.2. The summed E-state index contributed by atoms with van der Waals surface area (Å²) < 4.78 is 0. The van der Waals surface area contributed by atoms with Crippen molar-refractivity contribution in [3.05, 3.63) is 0 Å². The highest BCUT2D eigenvalue weighted by Crippen LogP contribution is 2.39. The van der Waals surface area contributed by atoms with Crippen LogP contribution in [0, 0.1) is 17.8 Å². The van der Waals surface area contributed by atoms with Gasteiger partial charge in [0.1, 0.15) is 6.04 Å². The molecule has 1 saturated carbocycles. The summed E-state index contributed by atoms with van der Waals surface area (Å²) in [6.07, 6.45) is 4.62. The average molecular weight is 220 g/mol. The fourth-order valence-corrected chi connectivity index (χ4v) is 3.60. The van der Waals surface area contributed by atoms with Gasteiger partial charge >= 0.3 is 0 Å². The van der Waals surface area contributed by atoms with Crippen molar-refractivity contribution in [2.45, 2.75) is 38.6 Å². The van der Waals surface area contributed by atoms with Crippen LogP contribution in [-0.2, 0) is 4.79 Å². The minimum absolute atomic E-state index is 0.0165. The van der Waals surface area contributed by atoms with Gasteiger partial charge in [-0.2, -0.15) is 0 Å². The highest BCUT2D eigenvalue weighted by molar-refractivity contribution is 5.92. The molecule has 0 spiro atoms. The number of Topliss-reactive ketones (excluding diaryl/α,β-unsaturated/α-hetero) is 1. The van der Waals surface area contributed by atoms with E-state index in [4.69, 9.17) is 4.99 Å². The van der Waals surface area contributed by atoms with E-state index in [9.17, 15) is 4.79 Å². The van der Waals surface area contributed by atoms with Gasteiger partial charge in [0.2, 0.25) is 0 Å². The van der Waals surface area contributed by atoms with Crippen molar-refractivity contribution < 1.29 is 4.79 Å². The predicted octanol–water partition coefficient (Wildman–Crippen LogP) is 1.42. The summed E-state index contributed by atoms with van der Waals surface area (Å²) >= 11 is 0. The quantitative estimate of drug-likeness (QED) is 0.726. The van der Waals surface area contributed by atoms with Gasteiger partial charge in [-0.15, -0.1) is 0 Å². The SMILES string of the molecule is CC(=O)C1CCC2CC3CNCC3CC2=N1. The smallest absolute Gasteiger partial charge is 0.154 e. The highest BCUT2D eigenvalue weighted by Gasteiger charge is 2.39. The Morgan fingerprint density at radius 3 is 2.94 bits per heavy atom. The van der Waals surface area contributed by atoms with Crippen LogP contribution in [0.5, 0.6) is 0 Å². The number of fused-ring (bicyclic) bond motifs is 2. The third-order valence-corrected chi connectivity index (χ3v) is 4.59. The maximum atomic E-state index is 11.4. The van der Waals surface area contributed by atoms with Crippen LogP contribution < -0.4 is 5.32 Å². The van der Waals surface area contributed by atoms with Gasteiger partial charge in [0.05, 0.1) is 0 Å². The predicted molar refractivity (Wildman–Crippen MR) is 63.7 cm³/mol. The molecule has 1 N–H and O–H groups in total. The van der Waals surface area contributed by atoms with E-state index in [0.717, 1.165) is 31.2 Å². The van der Waals surface area contributed by atoms with E-state index in [0.29, 0.717) is 5.92 Å². The summed E-state index contributed by atoms with van der Waals surface area (Å²) in [6.45, 7) is 4.03. The Kier molecular flexibility index (Phi) is 2.58. The van der Waals surface area contributed by atoms with Crippen LogP contribution in [0.4, 0.5) is 0 Å². The van der Waals surface area contributed by atoms with Gasteiger partial charge in [0.25, 0.3) is 0 Å².